The highest BCUT2D eigenvalue weighted by Gasteiger charge is 2.54. The number of nitrogens with zero attached hydrogens (tertiary/aromatic N) is 3. The van der Waals surface area contributed by atoms with Gasteiger partial charge in [0.25, 0.3) is 0 Å². The number of aromatic nitrogens is 1. The van der Waals surface area contributed by atoms with Gasteiger partial charge in [0.05, 0.1) is 39.7 Å². The summed E-state index contributed by atoms with van der Waals surface area (Å²) in [6.45, 7) is 0. The lowest BCUT2D eigenvalue weighted by Crippen LogP contribution is -2.36. The van der Waals surface area contributed by atoms with E-state index in [2.05, 4.69) is 199 Å². The lowest BCUT2D eigenvalue weighted by molar-refractivity contribution is 0.655. The molecular weight excluding hydrogens is 679 g/mol. The fraction of sp³-hybridized carbons (Fsp3) is 0.0566. The minimum Gasteiger partial charge on any atom is -0.309 e. The zero-order valence-corrected chi connectivity index (χ0v) is 30.4. The Balaban J connectivity index is 1.39. The molecular formula is C53H33N3. The van der Waals surface area contributed by atoms with Crippen LogP contribution in [-0.4, -0.2) is 4.57 Å². The van der Waals surface area contributed by atoms with Crippen LogP contribution in [0.2, 0.25) is 0 Å². The molecule has 56 heavy (non-hydrogen) atoms. The first-order valence-electron chi connectivity index (χ1n) is 19.1. The molecule has 8 aromatic carbocycles. The Morgan fingerprint density at radius 2 is 1.11 bits per heavy atom. The van der Waals surface area contributed by atoms with Crippen LogP contribution in [0.5, 0.6) is 0 Å². The first-order chi connectivity index (χ1) is 27.7. The van der Waals surface area contributed by atoms with E-state index in [1.54, 1.807) is 0 Å². The van der Waals surface area contributed by atoms with Gasteiger partial charge in [-0.15, -0.1) is 0 Å². The van der Waals surface area contributed by atoms with E-state index in [0.717, 1.165) is 55.3 Å². The Hall–Kier alpha value is -7.46. The van der Waals surface area contributed by atoms with E-state index in [4.69, 9.17) is 0 Å². The molecule has 2 bridgehead atoms. The second kappa shape index (κ2) is 12.3. The Kier molecular flexibility index (Phi) is 7.02. The second-order valence-electron chi connectivity index (χ2n) is 15.0. The van der Waals surface area contributed by atoms with Crippen molar-refractivity contribution in [2.75, 3.05) is 0 Å². The quantitative estimate of drug-likeness (QED) is 0.182. The van der Waals surface area contributed by atoms with Crippen molar-refractivity contribution in [3.63, 3.8) is 0 Å². The van der Waals surface area contributed by atoms with E-state index in [1.807, 2.05) is 6.07 Å². The van der Waals surface area contributed by atoms with Gasteiger partial charge in [-0.05, 0) is 104 Å². The molecule has 3 aliphatic rings. The van der Waals surface area contributed by atoms with Crippen molar-refractivity contribution in [3.05, 3.63) is 244 Å². The highest BCUT2D eigenvalue weighted by atomic mass is 15.0. The Morgan fingerprint density at radius 3 is 1.89 bits per heavy atom. The van der Waals surface area contributed by atoms with Crippen LogP contribution in [0.25, 0.3) is 38.6 Å². The van der Waals surface area contributed by atoms with Crippen molar-refractivity contribution in [2.24, 2.45) is 0 Å². The van der Waals surface area contributed by atoms with Gasteiger partial charge in [-0.1, -0.05) is 140 Å². The molecule has 9 aromatic rings. The Labute approximate surface area is 325 Å². The third kappa shape index (κ3) is 4.32. The first-order valence-corrected chi connectivity index (χ1v) is 19.1. The topological polar surface area (TPSA) is 52.5 Å². The van der Waals surface area contributed by atoms with Crippen molar-refractivity contribution in [3.8, 4) is 29.0 Å². The number of fused-ring (bicyclic) bond motifs is 3. The molecule has 0 N–H and O–H groups in total. The molecule has 3 atom stereocenters. The van der Waals surface area contributed by atoms with Crippen LogP contribution in [0, 0.1) is 22.7 Å². The molecule has 1 aromatic heterocycles. The van der Waals surface area contributed by atoms with Gasteiger partial charge in [0.1, 0.15) is 0 Å². The number of para-hydroxylation sites is 2. The van der Waals surface area contributed by atoms with Gasteiger partial charge in [-0.25, -0.2) is 0 Å². The molecule has 0 spiro atoms. The monoisotopic (exact) mass is 711 g/mol. The maximum atomic E-state index is 10.9. The van der Waals surface area contributed by atoms with Crippen LogP contribution < -0.4 is 0 Å². The van der Waals surface area contributed by atoms with Crippen LogP contribution in [-0.2, 0) is 5.41 Å². The highest BCUT2D eigenvalue weighted by Crippen LogP contribution is 2.64. The summed E-state index contributed by atoms with van der Waals surface area (Å²) >= 11 is 0. The van der Waals surface area contributed by atoms with E-state index >= 15 is 0 Å². The number of rotatable bonds is 4. The summed E-state index contributed by atoms with van der Waals surface area (Å²) in [4.78, 5) is 0. The van der Waals surface area contributed by atoms with Crippen molar-refractivity contribution in [2.45, 2.75) is 17.3 Å². The van der Waals surface area contributed by atoms with Crippen molar-refractivity contribution in [1.82, 2.24) is 4.57 Å². The van der Waals surface area contributed by atoms with Crippen molar-refractivity contribution >= 4 is 21.8 Å². The SMILES string of the molecule is N#Cc1ccc2c(c1)C1c3ccccc3C2(c2ccccc2)c2c(-c3cccc4c3c3ccccc3n4-c3ccccc3)cc(C#N)cc2[C@H]1c1ccccc1. The van der Waals surface area contributed by atoms with Crippen LogP contribution >= 0.6 is 0 Å². The summed E-state index contributed by atoms with van der Waals surface area (Å²) in [6, 6.07) is 72.2. The normalized spacial score (nSPS) is 17.7. The average molecular weight is 712 g/mol. The lowest BCUT2D eigenvalue weighted by Gasteiger charge is -2.43. The van der Waals surface area contributed by atoms with Gasteiger partial charge in [-0.2, -0.15) is 10.5 Å². The molecule has 3 nitrogen and oxygen atoms in total. The number of nitriles is 2. The van der Waals surface area contributed by atoms with Crippen LogP contribution in [0.15, 0.2) is 188 Å². The summed E-state index contributed by atoms with van der Waals surface area (Å²) < 4.78 is 2.36. The molecule has 3 heteroatoms. The summed E-state index contributed by atoms with van der Waals surface area (Å²) in [5.41, 5.74) is 15.4. The van der Waals surface area contributed by atoms with E-state index in [0.29, 0.717) is 11.1 Å². The average Bonchev–Trinajstić information content (AvgIpc) is 3.50. The number of benzene rings is 8. The van der Waals surface area contributed by atoms with Crippen molar-refractivity contribution < 1.29 is 0 Å². The lowest BCUT2D eigenvalue weighted by atomic mass is 9.58. The van der Waals surface area contributed by atoms with Gasteiger partial charge in [0, 0.05) is 28.3 Å². The standard InChI is InChI=1S/C53H33N3/c54-32-34-27-28-46-43(29-34)51-40-21-10-12-24-45(40)53(46,37-17-6-2-7-18-37)52-42(30-35(33-55)31-44(52)49(51)36-15-4-1-5-16-36)39-23-14-26-48-50(39)41-22-11-13-25-47(41)56(48)38-19-8-3-9-20-38/h1-31,49,51H/t49-,51?,53?/m1/s1. The van der Waals surface area contributed by atoms with Crippen LogP contribution in [0.1, 0.15) is 67.5 Å². The fourth-order valence-electron chi connectivity index (χ4n) is 10.3. The molecule has 1 heterocycles. The molecule has 3 aliphatic carbocycles. The van der Waals surface area contributed by atoms with Gasteiger partial charge in [-0.3, -0.25) is 0 Å². The largest absolute Gasteiger partial charge is 0.309 e. The molecule has 260 valence electrons. The zero-order chi connectivity index (χ0) is 37.4. The zero-order valence-electron chi connectivity index (χ0n) is 30.4. The molecule has 0 radical (unpaired) electrons. The van der Waals surface area contributed by atoms with E-state index in [-0.39, 0.29) is 11.8 Å². The molecule has 0 amide bonds. The Morgan fingerprint density at radius 1 is 0.464 bits per heavy atom. The molecule has 0 fully saturated rings. The third-order valence-electron chi connectivity index (χ3n) is 12.3. The minimum absolute atomic E-state index is 0.104. The van der Waals surface area contributed by atoms with E-state index in [9.17, 15) is 10.5 Å². The highest BCUT2D eigenvalue weighted by molar-refractivity contribution is 6.16. The van der Waals surface area contributed by atoms with E-state index < -0.39 is 5.41 Å². The molecule has 0 saturated carbocycles. The van der Waals surface area contributed by atoms with Crippen LogP contribution in [0.4, 0.5) is 0 Å². The molecule has 2 unspecified atom stereocenters. The van der Waals surface area contributed by atoms with Crippen molar-refractivity contribution in [1.29, 1.82) is 10.5 Å². The molecule has 0 saturated heterocycles. The predicted molar refractivity (Wildman–Crippen MR) is 224 cm³/mol. The second-order valence-corrected chi connectivity index (χ2v) is 15.0. The maximum absolute atomic E-state index is 10.9. The van der Waals surface area contributed by atoms with Gasteiger partial charge in [0.15, 0.2) is 0 Å². The van der Waals surface area contributed by atoms with Gasteiger partial charge in [0.2, 0.25) is 0 Å². The number of hydrogen-bond acceptors (Lipinski definition) is 2. The third-order valence-corrected chi connectivity index (χ3v) is 12.3. The first kappa shape index (κ1) is 32.0. The fourth-order valence-corrected chi connectivity index (χ4v) is 10.3. The summed E-state index contributed by atoms with van der Waals surface area (Å²) in [7, 11) is 0. The smallest absolute Gasteiger partial charge is 0.0991 e. The van der Waals surface area contributed by atoms with Gasteiger partial charge < -0.3 is 4.57 Å². The maximum Gasteiger partial charge on any atom is 0.0991 e. The minimum atomic E-state index is -0.778. The summed E-state index contributed by atoms with van der Waals surface area (Å²) in [5.74, 6) is -0.252. The summed E-state index contributed by atoms with van der Waals surface area (Å²) in [5, 5.41) is 23.6. The van der Waals surface area contributed by atoms with Gasteiger partial charge >= 0.3 is 0 Å². The van der Waals surface area contributed by atoms with E-state index in [1.165, 1.54) is 27.8 Å². The molecule has 12 rings (SSSR count). The molecule has 0 aliphatic heterocycles. The Bertz CT molecular complexity index is 3110. The number of hydrogen-bond donors (Lipinski definition) is 0. The summed E-state index contributed by atoms with van der Waals surface area (Å²) in [6.07, 6.45) is 0. The van der Waals surface area contributed by atoms with Crippen LogP contribution in [0.3, 0.4) is 0 Å². The predicted octanol–water partition coefficient (Wildman–Crippen LogP) is 12.2.